The Morgan fingerprint density at radius 2 is 1.95 bits per heavy atom. The lowest BCUT2D eigenvalue weighted by Crippen LogP contribution is -2.06. The monoisotopic (exact) mass is 324 g/mol. The van der Waals surface area contributed by atoms with Gasteiger partial charge in [0, 0.05) is 23.7 Å². The molecule has 0 unspecified atom stereocenters. The Labute approximate surface area is 132 Å². The molecule has 2 aromatic heterocycles. The number of aromatic nitrogens is 2. The first-order chi connectivity index (χ1) is 9.78. The molecule has 0 aliphatic carbocycles. The molecule has 0 N–H and O–H groups in total. The van der Waals surface area contributed by atoms with Crippen molar-refractivity contribution in [3.05, 3.63) is 51.4 Å². The summed E-state index contributed by atoms with van der Waals surface area (Å²) in [5.74, 6) is 1.65. The third-order valence-corrected chi connectivity index (χ3v) is 4.74. The SMILES string of the molecule is ClCCc1nc2ccccc2n1CCc1ccc(Cl)s1. The Kier molecular flexibility index (Phi) is 4.29. The van der Waals surface area contributed by atoms with E-state index in [2.05, 4.69) is 21.7 Å². The maximum absolute atomic E-state index is 5.98. The van der Waals surface area contributed by atoms with Gasteiger partial charge in [0.15, 0.2) is 0 Å². The van der Waals surface area contributed by atoms with Gasteiger partial charge in [-0.15, -0.1) is 22.9 Å². The predicted molar refractivity (Wildman–Crippen MR) is 87.2 cm³/mol. The lowest BCUT2D eigenvalue weighted by Gasteiger charge is -2.07. The Morgan fingerprint density at radius 3 is 2.70 bits per heavy atom. The predicted octanol–water partition coefficient (Wildman–Crippen LogP) is 4.78. The second kappa shape index (κ2) is 6.17. The van der Waals surface area contributed by atoms with Gasteiger partial charge >= 0.3 is 0 Å². The molecular weight excluding hydrogens is 311 g/mol. The minimum Gasteiger partial charge on any atom is -0.328 e. The van der Waals surface area contributed by atoms with Gasteiger partial charge in [0.25, 0.3) is 0 Å². The minimum absolute atomic E-state index is 0.591. The normalized spacial score (nSPS) is 11.3. The molecule has 0 aliphatic rings. The van der Waals surface area contributed by atoms with Crippen molar-refractivity contribution in [1.29, 1.82) is 0 Å². The number of fused-ring (bicyclic) bond motifs is 1. The summed E-state index contributed by atoms with van der Waals surface area (Å²) in [7, 11) is 0. The molecule has 0 fully saturated rings. The minimum atomic E-state index is 0.591. The second-order valence-electron chi connectivity index (χ2n) is 4.56. The van der Waals surface area contributed by atoms with Crippen LogP contribution in [0.15, 0.2) is 36.4 Å². The second-order valence-corrected chi connectivity index (χ2v) is 6.74. The number of thiophene rings is 1. The third kappa shape index (κ3) is 2.85. The van der Waals surface area contributed by atoms with Gasteiger partial charge in [-0.2, -0.15) is 0 Å². The number of nitrogens with zero attached hydrogens (tertiary/aromatic N) is 2. The fourth-order valence-corrected chi connectivity index (χ4v) is 3.60. The molecule has 104 valence electrons. The van der Waals surface area contributed by atoms with Crippen LogP contribution in [0, 0.1) is 0 Å². The zero-order chi connectivity index (χ0) is 13.9. The van der Waals surface area contributed by atoms with Crippen LogP contribution in [-0.2, 0) is 19.4 Å². The van der Waals surface area contributed by atoms with Crippen molar-refractivity contribution in [2.75, 3.05) is 5.88 Å². The van der Waals surface area contributed by atoms with Crippen molar-refractivity contribution in [2.45, 2.75) is 19.4 Å². The standard InChI is InChI=1S/C15H14Cl2N2S/c16-9-7-15-18-12-3-1-2-4-13(12)19(15)10-8-11-5-6-14(17)20-11/h1-6H,7-10H2. The number of imidazole rings is 1. The summed E-state index contributed by atoms with van der Waals surface area (Å²) in [6.45, 7) is 0.906. The van der Waals surface area contributed by atoms with E-state index >= 15 is 0 Å². The molecule has 0 saturated heterocycles. The van der Waals surface area contributed by atoms with Crippen molar-refractivity contribution in [2.24, 2.45) is 0 Å². The van der Waals surface area contributed by atoms with Crippen LogP contribution in [0.2, 0.25) is 4.34 Å². The van der Waals surface area contributed by atoms with Gasteiger partial charge < -0.3 is 4.57 Å². The van der Waals surface area contributed by atoms with Crippen LogP contribution in [0.4, 0.5) is 0 Å². The van der Waals surface area contributed by atoms with E-state index in [-0.39, 0.29) is 0 Å². The molecule has 3 aromatic rings. The molecule has 0 atom stereocenters. The largest absolute Gasteiger partial charge is 0.328 e. The first kappa shape index (κ1) is 13.9. The molecule has 20 heavy (non-hydrogen) atoms. The highest BCUT2D eigenvalue weighted by molar-refractivity contribution is 7.16. The molecule has 5 heteroatoms. The first-order valence-electron chi connectivity index (χ1n) is 6.52. The fraction of sp³-hybridized carbons (Fsp3) is 0.267. The van der Waals surface area contributed by atoms with Crippen LogP contribution < -0.4 is 0 Å². The van der Waals surface area contributed by atoms with E-state index in [1.54, 1.807) is 11.3 Å². The summed E-state index contributed by atoms with van der Waals surface area (Å²) in [6, 6.07) is 12.3. The number of halogens is 2. The average Bonchev–Trinajstić information content (AvgIpc) is 3.00. The number of alkyl halides is 1. The van der Waals surface area contributed by atoms with Crippen LogP contribution in [0.3, 0.4) is 0 Å². The smallest absolute Gasteiger partial charge is 0.111 e. The highest BCUT2D eigenvalue weighted by Crippen LogP contribution is 2.23. The van der Waals surface area contributed by atoms with Gasteiger partial charge in [0.2, 0.25) is 0 Å². The number of rotatable bonds is 5. The van der Waals surface area contributed by atoms with Gasteiger partial charge in [-0.05, 0) is 30.7 Å². The summed E-state index contributed by atoms with van der Waals surface area (Å²) < 4.78 is 3.11. The van der Waals surface area contributed by atoms with Crippen molar-refractivity contribution >= 4 is 45.6 Å². The number of hydrogen-bond acceptors (Lipinski definition) is 2. The molecule has 0 aliphatic heterocycles. The molecule has 0 saturated carbocycles. The van der Waals surface area contributed by atoms with Crippen LogP contribution in [0.1, 0.15) is 10.7 Å². The van der Waals surface area contributed by atoms with E-state index in [9.17, 15) is 0 Å². The van der Waals surface area contributed by atoms with Crippen molar-refractivity contribution in [1.82, 2.24) is 9.55 Å². The quantitative estimate of drug-likeness (QED) is 0.618. The molecule has 2 nitrogen and oxygen atoms in total. The zero-order valence-electron chi connectivity index (χ0n) is 10.9. The highest BCUT2D eigenvalue weighted by Gasteiger charge is 2.10. The molecule has 3 rings (SSSR count). The van der Waals surface area contributed by atoms with Gasteiger partial charge in [-0.3, -0.25) is 0 Å². The fourth-order valence-electron chi connectivity index (χ4n) is 2.36. The first-order valence-corrected chi connectivity index (χ1v) is 8.25. The topological polar surface area (TPSA) is 17.8 Å². The number of benzene rings is 1. The summed E-state index contributed by atoms with van der Waals surface area (Å²) in [5, 5.41) is 0. The Hall–Kier alpha value is -1.03. The molecular formula is C15H14Cl2N2S. The van der Waals surface area contributed by atoms with Gasteiger partial charge in [-0.1, -0.05) is 23.7 Å². The number of para-hydroxylation sites is 2. The number of aryl methyl sites for hydroxylation is 3. The molecule has 0 amide bonds. The van der Waals surface area contributed by atoms with E-state index < -0.39 is 0 Å². The third-order valence-electron chi connectivity index (χ3n) is 3.26. The van der Waals surface area contributed by atoms with Crippen LogP contribution in [0.25, 0.3) is 11.0 Å². The lowest BCUT2D eigenvalue weighted by atomic mass is 10.3. The number of hydrogen-bond donors (Lipinski definition) is 0. The Morgan fingerprint density at radius 1 is 1.10 bits per heavy atom. The van der Waals surface area contributed by atoms with Crippen molar-refractivity contribution in [3.63, 3.8) is 0 Å². The van der Waals surface area contributed by atoms with E-state index in [0.29, 0.717) is 5.88 Å². The maximum Gasteiger partial charge on any atom is 0.111 e. The summed E-state index contributed by atoms with van der Waals surface area (Å²) in [6.07, 6.45) is 1.76. The lowest BCUT2D eigenvalue weighted by molar-refractivity contribution is 0.679. The van der Waals surface area contributed by atoms with Gasteiger partial charge in [0.05, 0.1) is 15.4 Å². The van der Waals surface area contributed by atoms with Crippen LogP contribution in [-0.4, -0.2) is 15.4 Å². The zero-order valence-corrected chi connectivity index (χ0v) is 13.2. The average molecular weight is 325 g/mol. The summed E-state index contributed by atoms with van der Waals surface area (Å²) in [4.78, 5) is 5.97. The molecule has 0 spiro atoms. The van der Waals surface area contributed by atoms with Crippen LogP contribution in [0.5, 0.6) is 0 Å². The summed E-state index contributed by atoms with van der Waals surface area (Å²) >= 11 is 13.5. The maximum atomic E-state index is 5.98. The summed E-state index contributed by atoms with van der Waals surface area (Å²) in [5.41, 5.74) is 2.21. The van der Waals surface area contributed by atoms with E-state index in [1.807, 2.05) is 24.3 Å². The van der Waals surface area contributed by atoms with E-state index in [0.717, 1.165) is 35.1 Å². The van der Waals surface area contributed by atoms with Crippen molar-refractivity contribution < 1.29 is 0 Å². The Balaban J connectivity index is 1.90. The highest BCUT2D eigenvalue weighted by atomic mass is 35.5. The van der Waals surface area contributed by atoms with Crippen molar-refractivity contribution in [3.8, 4) is 0 Å². The molecule has 0 bridgehead atoms. The van der Waals surface area contributed by atoms with E-state index in [1.165, 1.54) is 10.4 Å². The molecule has 0 radical (unpaired) electrons. The van der Waals surface area contributed by atoms with Crippen LogP contribution >= 0.6 is 34.5 Å². The van der Waals surface area contributed by atoms with Gasteiger partial charge in [-0.25, -0.2) is 4.98 Å². The van der Waals surface area contributed by atoms with E-state index in [4.69, 9.17) is 23.2 Å². The Bertz CT molecular complexity index is 718. The molecule has 2 heterocycles. The molecule has 1 aromatic carbocycles. The van der Waals surface area contributed by atoms with Gasteiger partial charge in [0.1, 0.15) is 5.82 Å².